The molecule has 3 aromatic carbocycles. The molecule has 0 aromatic heterocycles. The van der Waals surface area contributed by atoms with Crippen molar-refractivity contribution in [1.82, 2.24) is 5.32 Å². The lowest BCUT2D eigenvalue weighted by molar-refractivity contribution is -0.144. The van der Waals surface area contributed by atoms with Gasteiger partial charge >= 0.3 is 11.9 Å². The standard InChI is InChI=1S/C30H32N4O7/c1-17(2)25(30(38)40-4)34-27(35)19-11-14-22(21-7-5-6-8-23(21)29(37)41-16-39-3)24(15-19)28(36)33-20-12-9-18(10-13-20)26(31)32/h5-15,17,25H,16H2,1-4H3,(H3,31,32)(H,33,36)(H,34,35). The van der Waals surface area contributed by atoms with Gasteiger partial charge in [-0.25, -0.2) is 9.59 Å². The van der Waals surface area contributed by atoms with Crippen LogP contribution < -0.4 is 16.4 Å². The van der Waals surface area contributed by atoms with Gasteiger partial charge in [-0.05, 0) is 59.5 Å². The Balaban J connectivity index is 2.08. The van der Waals surface area contributed by atoms with E-state index in [1.165, 1.54) is 26.4 Å². The van der Waals surface area contributed by atoms with E-state index in [1.54, 1.807) is 68.4 Å². The maximum absolute atomic E-state index is 13.6. The molecule has 0 aliphatic rings. The van der Waals surface area contributed by atoms with Crippen LogP contribution in [-0.2, 0) is 19.0 Å². The number of rotatable bonds is 11. The van der Waals surface area contributed by atoms with E-state index in [0.29, 0.717) is 22.4 Å². The van der Waals surface area contributed by atoms with Crippen molar-refractivity contribution < 1.29 is 33.4 Å². The summed E-state index contributed by atoms with van der Waals surface area (Å²) in [4.78, 5) is 51.8. The number of amides is 2. The fraction of sp³-hybridized carbons (Fsp3) is 0.233. The Kier molecular flexibility index (Phi) is 10.3. The minimum Gasteiger partial charge on any atom is -0.467 e. The molecule has 1 atom stereocenters. The third kappa shape index (κ3) is 7.55. The predicted octanol–water partition coefficient (Wildman–Crippen LogP) is 3.58. The van der Waals surface area contributed by atoms with Crippen LogP contribution in [0.4, 0.5) is 5.69 Å². The van der Waals surface area contributed by atoms with Crippen molar-refractivity contribution in [3.8, 4) is 11.1 Å². The molecule has 0 aliphatic heterocycles. The Morgan fingerprint density at radius 2 is 1.49 bits per heavy atom. The number of anilines is 1. The van der Waals surface area contributed by atoms with Gasteiger partial charge in [0.1, 0.15) is 11.9 Å². The van der Waals surface area contributed by atoms with Gasteiger partial charge in [-0.3, -0.25) is 15.0 Å². The first-order valence-electron chi connectivity index (χ1n) is 12.6. The number of esters is 2. The van der Waals surface area contributed by atoms with Gasteiger partial charge in [0.15, 0.2) is 6.79 Å². The molecule has 1 unspecified atom stereocenters. The Labute approximate surface area is 237 Å². The highest BCUT2D eigenvalue weighted by Gasteiger charge is 2.27. The van der Waals surface area contributed by atoms with Gasteiger partial charge in [0.25, 0.3) is 11.8 Å². The van der Waals surface area contributed by atoms with Gasteiger partial charge in [0.05, 0.1) is 12.7 Å². The molecule has 3 aromatic rings. The molecule has 0 bridgehead atoms. The van der Waals surface area contributed by atoms with Crippen LogP contribution in [0.2, 0.25) is 0 Å². The molecule has 0 saturated carbocycles. The molecule has 0 radical (unpaired) electrons. The van der Waals surface area contributed by atoms with Crippen molar-refractivity contribution in [2.45, 2.75) is 19.9 Å². The Morgan fingerprint density at radius 1 is 0.854 bits per heavy atom. The quantitative estimate of drug-likeness (QED) is 0.119. The third-order valence-corrected chi connectivity index (χ3v) is 6.13. The maximum atomic E-state index is 13.6. The summed E-state index contributed by atoms with van der Waals surface area (Å²) in [5, 5.41) is 13.0. The average molecular weight is 561 g/mol. The summed E-state index contributed by atoms with van der Waals surface area (Å²) in [6.07, 6.45) is 0. The number of methoxy groups -OCH3 is 2. The normalized spacial score (nSPS) is 11.3. The number of hydrogen-bond acceptors (Lipinski definition) is 8. The number of amidine groups is 1. The van der Waals surface area contributed by atoms with Crippen LogP contribution >= 0.6 is 0 Å². The zero-order valence-corrected chi connectivity index (χ0v) is 23.1. The van der Waals surface area contributed by atoms with Crippen molar-refractivity contribution in [3.63, 3.8) is 0 Å². The molecule has 2 amide bonds. The van der Waals surface area contributed by atoms with Crippen LogP contribution in [0.25, 0.3) is 11.1 Å². The SMILES string of the molecule is COCOC(=O)c1ccccc1-c1ccc(C(=O)NC(C(=O)OC)C(C)C)cc1C(=O)Nc1ccc(C(=N)N)cc1. The van der Waals surface area contributed by atoms with E-state index in [2.05, 4.69) is 10.6 Å². The Morgan fingerprint density at radius 3 is 2.10 bits per heavy atom. The number of nitrogen functional groups attached to an aromatic ring is 1. The number of hydrogen-bond donors (Lipinski definition) is 4. The molecule has 0 spiro atoms. The van der Waals surface area contributed by atoms with E-state index in [0.717, 1.165) is 0 Å². The zero-order valence-electron chi connectivity index (χ0n) is 23.1. The second-order valence-electron chi connectivity index (χ2n) is 9.31. The summed E-state index contributed by atoms with van der Waals surface area (Å²) in [5.41, 5.74) is 7.55. The van der Waals surface area contributed by atoms with E-state index in [9.17, 15) is 19.2 Å². The van der Waals surface area contributed by atoms with E-state index >= 15 is 0 Å². The average Bonchev–Trinajstić information content (AvgIpc) is 2.97. The fourth-order valence-corrected chi connectivity index (χ4v) is 3.98. The topological polar surface area (TPSA) is 170 Å². The summed E-state index contributed by atoms with van der Waals surface area (Å²) >= 11 is 0. The van der Waals surface area contributed by atoms with Crippen LogP contribution in [0.5, 0.6) is 0 Å². The van der Waals surface area contributed by atoms with E-state index < -0.39 is 29.8 Å². The molecule has 5 N–H and O–H groups in total. The zero-order chi connectivity index (χ0) is 30.1. The summed E-state index contributed by atoms with van der Waals surface area (Å²) in [5.74, 6) is -2.79. The minimum absolute atomic E-state index is 0.0828. The third-order valence-electron chi connectivity index (χ3n) is 6.13. The number of ether oxygens (including phenoxy) is 3. The minimum atomic E-state index is -0.902. The molecule has 0 saturated heterocycles. The van der Waals surface area contributed by atoms with Crippen LogP contribution in [0.15, 0.2) is 66.7 Å². The lowest BCUT2D eigenvalue weighted by Crippen LogP contribution is -2.45. The van der Waals surface area contributed by atoms with E-state index in [4.69, 9.17) is 25.4 Å². The molecular weight excluding hydrogens is 528 g/mol. The van der Waals surface area contributed by atoms with Crippen LogP contribution in [-0.4, -0.2) is 56.6 Å². The first-order chi connectivity index (χ1) is 19.6. The van der Waals surface area contributed by atoms with Gasteiger partial charge in [0.2, 0.25) is 0 Å². The lowest BCUT2D eigenvalue weighted by Gasteiger charge is -2.20. The number of carbonyl (C=O) groups excluding carboxylic acids is 4. The number of carbonyl (C=O) groups is 4. The molecule has 214 valence electrons. The largest absolute Gasteiger partial charge is 0.467 e. The van der Waals surface area contributed by atoms with Gasteiger partial charge in [-0.15, -0.1) is 0 Å². The van der Waals surface area contributed by atoms with Crippen LogP contribution in [0, 0.1) is 11.3 Å². The highest BCUT2D eigenvalue weighted by molar-refractivity contribution is 6.12. The molecule has 41 heavy (non-hydrogen) atoms. The Bertz CT molecular complexity index is 1450. The molecule has 3 rings (SSSR count). The van der Waals surface area contributed by atoms with Gasteiger partial charge in [-0.2, -0.15) is 0 Å². The van der Waals surface area contributed by atoms with E-state index in [1.807, 2.05) is 0 Å². The number of benzene rings is 3. The second-order valence-corrected chi connectivity index (χ2v) is 9.31. The molecule has 11 nitrogen and oxygen atoms in total. The second kappa shape index (κ2) is 13.9. The lowest BCUT2D eigenvalue weighted by atomic mass is 9.93. The highest BCUT2D eigenvalue weighted by atomic mass is 16.7. The van der Waals surface area contributed by atoms with Crippen molar-refractivity contribution in [3.05, 3.63) is 89.0 Å². The monoisotopic (exact) mass is 560 g/mol. The fourth-order valence-electron chi connectivity index (χ4n) is 3.98. The highest BCUT2D eigenvalue weighted by Crippen LogP contribution is 2.30. The van der Waals surface area contributed by atoms with Gasteiger partial charge < -0.3 is 30.6 Å². The number of nitrogens with two attached hydrogens (primary N) is 1. The van der Waals surface area contributed by atoms with Gasteiger partial charge in [-0.1, -0.05) is 38.1 Å². The van der Waals surface area contributed by atoms with Crippen molar-refractivity contribution >= 4 is 35.3 Å². The summed E-state index contributed by atoms with van der Waals surface area (Å²) < 4.78 is 14.8. The molecular formula is C30H32N4O7. The summed E-state index contributed by atoms with van der Waals surface area (Å²) in [6, 6.07) is 16.4. The first kappa shape index (κ1) is 30.5. The molecule has 0 aliphatic carbocycles. The molecule has 0 fully saturated rings. The summed E-state index contributed by atoms with van der Waals surface area (Å²) in [6.45, 7) is 3.27. The van der Waals surface area contributed by atoms with Crippen molar-refractivity contribution in [2.24, 2.45) is 11.7 Å². The van der Waals surface area contributed by atoms with Crippen molar-refractivity contribution in [2.75, 3.05) is 26.3 Å². The maximum Gasteiger partial charge on any atom is 0.340 e. The molecule has 0 heterocycles. The van der Waals surface area contributed by atoms with Gasteiger partial charge in [0, 0.05) is 29.5 Å². The summed E-state index contributed by atoms with van der Waals surface area (Å²) in [7, 11) is 2.62. The Hall–Kier alpha value is -5.03. The van der Waals surface area contributed by atoms with Crippen LogP contribution in [0.3, 0.4) is 0 Å². The predicted molar refractivity (Wildman–Crippen MR) is 153 cm³/mol. The first-order valence-corrected chi connectivity index (χ1v) is 12.6. The smallest absolute Gasteiger partial charge is 0.340 e. The van der Waals surface area contributed by atoms with E-state index in [-0.39, 0.29) is 35.2 Å². The van der Waals surface area contributed by atoms with Crippen molar-refractivity contribution in [1.29, 1.82) is 5.41 Å². The number of nitrogens with one attached hydrogen (secondary N) is 3. The van der Waals surface area contributed by atoms with Crippen LogP contribution in [0.1, 0.15) is 50.5 Å². The molecule has 11 heteroatoms.